The summed E-state index contributed by atoms with van der Waals surface area (Å²) >= 11 is 0. The Hall–Kier alpha value is -2.23. The average molecular weight is 297 g/mol. The number of aromatic nitrogens is 5. The van der Waals surface area contributed by atoms with Gasteiger partial charge in [-0.1, -0.05) is 12.0 Å². The molecule has 2 rings (SSSR count). The standard InChI is InChI=1S/C10H15N7O2S/c1-3-6-11-8-5-4-7-12-9(8)20(18,19)15-10-13-16-17(2)14-10/h4-5,7,11H,3,6H2,1-2H3,(H,14,15). The predicted molar refractivity (Wildman–Crippen MR) is 72.6 cm³/mol. The summed E-state index contributed by atoms with van der Waals surface area (Å²) in [4.78, 5) is 5.07. The van der Waals surface area contributed by atoms with Crippen LogP contribution in [-0.4, -0.2) is 40.2 Å². The van der Waals surface area contributed by atoms with E-state index in [0.29, 0.717) is 12.2 Å². The minimum atomic E-state index is -3.86. The van der Waals surface area contributed by atoms with Gasteiger partial charge in [-0.3, -0.25) is 0 Å². The van der Waals surface area contributed by atoms with Crippen LogP contribution in [0.15, 0.2) is 23.4 Å². The topological polar surface area (TPSA) is 115 Å². The first-order chi connectivity index (χ1) is 9.53. The Labute approximate surface area is 116 Å². The van der Waals surface area contributed by atoms with Crippen molar-refractivity contribution in [3.8, 4) is 0 Å². The Morgan fingerprint density at radius 1 is 1.40 bits per heavy atom. The Morgan fingerprint density at radius 2 is 2.20 bits per heavy atom. The SMILES string of the molecule is CCCNc1cccnc1S(=O)(=O)Nc1nnn(C)n1. The van der Waals surface area contributed by atoms with E-state index in [1.165, 1.54) is 6.20 Å². The number of nitrogens with zero attached hydrogens (tertiary/aromatic N) is 5. The van der Waals surface area contributed by atoms with Gasteiger partial charge in [0.1, 0.15) is 0 Å². The zero-order chi connectivity index (χ0) is 14.6. The van der Waals surface area contributed by atoms with Crippen molar-refractivity contribution < 1.29 is 8.42 Å². The van der Waals surface area contributed by atoms with E-state index in [-0.39, 0.29) is 11.0 Å². The fourth-order valence-electron chi connectivity index (χ4n) is 1.49. The summed E-state index contributed by atoms with van der Waals surface area (Å²) in [6.45, 7) is 2.64. The molecule has 0 saturated heterocycles. The van der Waals surface area contributed by atoms with Gasteiger partial charge in [0.25, 0.3) is 16.0 Å². The molecule has 0 bridgehead atoms. The summed E-state index contributed by atoms with van der Waals surface area (Å²) in [6.07, 6.45) is 2.28. The fraction of sp³-hybridized carbons (Fsp3) is 0.400. The molecule has 0 aliphatic rings. The molecule has 0 radical (unpaired) electrons. The molecule has 0 aromatic carbocycles. The fourth-order valence-corrected chi connectivity index (χ4v) is 2.54. The number of sulfonamides is 1. The van der Waals surface area contributed by atoms with Crippen LogP contribution < -0.4 is 10.0 Å². The van der Waals surface area contributed by atoms with Crippen molar-refractivity contribution in [2.45, 2.75) is 18.4 Å². The van der Waals surface area contributed by atoms with Crippen LogP contribution in [0.25, 0.3) is 0 Å². The number of anilines is 2. The number of hydrogen-bond donors (Lipinski definition) is 2. The van der Waals surface area contributed by atoms with Crippen LogP contribution in [0.3, 0.4) is 0 Å². The largest absolute Gasteiger partial charge is 0.383 e. The van der Waals surface area contributed by atoms with Crippen LogP contribution in [-0.2, 0) is 17.1 Å². The molecule has 0 aliphatic heterocycles. The summed E-state index contributed by atoms with van der Waals surface area (Å²) in [5, 5.41) is 13.8. The smallest absolute Gasteiger partial charge is 0.283 e. The molecule has 2 aromatic rings. The van der Waals surface area contributed by atoms with E-state index < -0.39 is 10.0 Å². The monoisotopic (exact) mass is 297 g/mol. The van der Waals surface area contributed by atoms with Crippen LogP contribution in [0.5, 0.6) is 0 Å². The lowest BCUT2D eigenvalue weighted by Crippen LogP contribution is -2.18. The van der Waals surface area contributed by atoms with Crippen LogP contribution in [0.4, 0.5) is 11.6 Å². The minimum Gasteiger partial charge on any atom is -0.383 e. The minimum absolute atomic E-state index is 0.0964. The summed E-state index contributed by atoms with van der Waals surface area (Å²) in [5.41, 5.74) is 0.436. The molecule has 0 atom stereocenters. The summed E-state index contributed by atoms with van der Waals surface area (Å²) in [7, 11) is -2.32. The van der Waals surface area contributed by atoms with Crippen molar-refractivity contribution in [1.82, 2.24) is 25.2 Å². The van der Waals surface area contributed by atoms with Gasteiger partial charge in [0.15, 0.2) is 5.03 Å². The molecule has 0 fully saturated rings. The number of rotatable bonds is 6. The number of nitrogens with one attached hydrogen (secondary N) is 2. The predicted octanol–water partition coefficient (Wildman–Crippen LogP) is 0.228. The Morgan fingerprint density at radius 3 is 2.85 bits per heavy atom. The van der Waals surface area contributed by atoms with Crippen molar-refractivity contribution in [3.63, 3.8) is 0 Å². The van der Waals surface area contributed by atoms with E-state index in [1.807, 2.05) is 6.92 Å². The molecule has 9 nitrogen and oxygen atoms in total. The molecule has 0 amide bonds. The Bertz CT molecular complexity index is 682. The molecule has 20 heavy (non-hydrogen) atoms. The maximum atomic E-state index is 12.3. The first-order valence-corrected chi connectivity index (χ1v) is 7.47. The van der Waals surface area contributed by atoms with Gasteiger partial charge < -0.3 is 5.32 Å². The van der Waals surface area contributed by atoms with Crippen molar-refractivity contribution in [1.29, 1.82) is 0 Å². The second kappa shape index (κ2) is 5.82. The van der Waals surface area contributed by atoms with Crippen LogP contribution in [0, 0.1) is 0 Å². The maximum absolute atomic E-state index is 12.3. The third-order valence-electron chi connectivity index (χ3n) is 2.33. The van der Waals surface area contributed by atoms with Gasteiger partial charge in [-0.2, -0.15) is 13.2 Å². The first-order valence-electron chi connectivity index (χ1n) is 5.98. The van der Waals surface area contributed by atoms with E-state index in [0.717, 1.165) is 11.2 Å². The lowest BCUT2D eigenvalue weighted by atomic mass is 10.4. The van der Waals surface area contributed by atoms with Gasteiger partial charge in [0.2, 0.25) is 0 Å². The highest BCUT2D eigenvalue weighted by molar-refractivity contribution is 7.92. The van der Waals surface area contributed by atoms with Crippen LogP contribution >= 0.6 is 0 Å². The Balaban J connectivity index is 2.29. The van der Waals surface area contributed by atoms with Gasteiger partial charge in [-0.05, 0) is 23.8 Å². The third-order valence-corrected chi connectivity index (χ3v) is 3.61. The molecule has 2 aromatic heterocycles. The molecule has 108 valence electrons. The molecule has 0 saturated carbocycles. The molecule has 2 heterocycles. The molecule has 0 unspecified atom stereocenters. The molecular formula is C10H15N7O2S. The molecule has 0 spiro atoms. The van der Waals surface area contributed by atoms with E-state index in [2.05, 4.69) is 30.4 Å². The van der Waals surface area contributed by atoms with E-state index in [1.54, 1.807) is 19.2 Å². The summed E-state index contributed by atoms with van der Waals surface area (Å²) < 4.78 is 26.8. The highest BCUT2D eigenvalue weighted by atomic mass is 32.2. The van der Waals surface area contributed by atoms with Crippen molar-refractivity contribution in [3.05, 3.63) is 18.3 Å². The summed E-state index contributed by atoms with van der Waals surface area (Å²) in [5.74, 6) is -0.0976. The quantitative estimate of drug-likeness (QED) is 0.784. The maximum Gasteiger partial charge on any atom is 0.283 e. The van der Waals surface area contributed by atoms with Crippen LogP contribution in [0.2, 0.25) is 0 Å². The number of pyridine rings is 1. The third kappa shape index (κ3) is 3.20. The Kier molecular flexibility index (Phi) is 4.13. The van der Waals surface area contributed by atoms with Crippen molar-refractivity contribution in [2.24, 2.45) is 7.05 Å². The second-order valence-corrected chi connectivity index (χ2v) is 5.59. The van der Waals surface area contributed by atoms with Crippen molar-refractivity contribution >= 4 is 21.7 Å². The van der Waals surface area contributed by atoms with E-state index in [9.17, 15) is 8.42 Å². The second-order valence-electron chi connectivity index (χ2n) is 3.99. The van der Waals surface area contributed by atoms with Gasteiger partial charge in [-0.15, -0.1) is 5.10 Å². The van der Waals surface area contributed by atoms with Gasteiger partial charge in [0, 0.05) is 12.7 Å². The highest BCUT2D eigenvalue weighted by Gasteiger charge is 2.22. The molecular weight excluding hydrogens is 282 g/mol. The number of aryl methyl sites for hydroxylation is 1. The van der Waals surface area contributed by atoms with Gasteiger partial charge >= 0.3 is 0 Å². The molecule has 0 aliphatic carbocycles. The highest BCUT2D eigenvalue weighted by Crippen LogP contribution is 2.19. The average Bonchev–Trinajstić information content (AvgIpc) is 2.81. The lowest BCUT2D eigenvalue weighted by Gasteiger charge is -2.10. The summed E-state index contributed by atoms with van der Waals surface area (Å²) in [6, 6.07) is 3.32. The molecule has 10 heteroatoms. The normalized spacial score (nSPS) is 11.3. The van der Waals surface area contributed by atoms with E-state index >= 15 is 0 Å². The zero-order valence-corrected chi connectivity index (χ0v) is 11.9. The van der Waals surface area contributed by atoms with Crippen LogP contribution in [0.1, 0.15) is 13.3 Å². The number of hydrogen-bond acceptors (Lipinski definition) is 7. The van der Waals surface area contributed by atoms with Gasteiger partial charge in [-0.25, -0.2) is 9.71 Å². The van der Waals surface area contributed by atoms with Gasteiger partial charge in [0.05, 0.1) is 12.7 Å². The lowest BCUT2D eigenvalue weighted by molar-refractivity contribution is 0.597. The van der Waals surface area contributed by atoms with Crippen molar-refractivity contribution in [2.75, 3.05) is 16.6 Å². The van der Waals surface area contributed by atoms with E-state index in [4.69, 9.17) is 0 Å². The molecule has 2 N–H and O–H groups in total. The first kappa shape index (κ1) is 14.2. The zero-order valence-electron chi connectivity index (χ0n) is 11.1. The number of tetrazole rings is 1.